The molecule has 88 valence electrons. The number of ether oxygens (including phenoxy) is 1. The number of methoxy groups -OCH3 is 1. The third-order valence-corrected chi connectivity index (χ3v) is 2.18. The van der Waals surface area contributed by atoms with E-state index < -0.39 is 0 Å². The second-order valence-corrected chi connectivity index (χ2v) is 3.83. The highest BCUT2D eigenvalue weighted by Gasteiger charge is 2.08. The first-order valence-corrected chi connectivity index (χ1v) is 5.03. The van der Waals surface area contributed by atoms with Crippen LogP contribution in [-0.2, 0) is 11.3 Å². The van der Waals surface area contributed by atoms with Crippen molar-refractivity contribution in [2.75, 3.05) is 20.7 Å². The van der Waals surface area contributed by atoms with Crippen molar-refractivity contribution in [3.8, 4) is 5.75 Å². The van der Waals surface area contributed by atoms with Crippen molar-refractivity contribution < 1.29 is 13.9 Å². The van der Waals surface area contributed by atoms with Crippen LogP contribution in [0.2, 0.25) is 0 Å². The number of hydrogen-bond donors (Lipinski definition) is 0. The Labute approximate surface area is 94.8 Å². The van der Waals surface area contributed by atoms with Crippen LogP contribution in [0.3, 0.4) is 0 Å². The van der Waals surface area contributed by atoms with Crippen LogP contribution < -0.4 is 4.74 Å². The smallest absolute Gasteiger partial charge is 0.143 e. The lowest BCUT2D eigenvalue weighted by Crippen LogP contribution is -2.24. The SMILES string of the molecule is COc1ccc(F)cc1CN(C)CC(C)=O. The first-order valence-electron chi connectivity index (χ1n) is 5.03. The van der Waals surface area contributed by atoms with E-state index in [1.54, 1.807) is 13.2 Å². The first kappa shape index (κ1) is 12.6. The molecule has 4 heteroatoms. The van der Waals surface area contributed by atoms with E-state index in [-0.39, 0.29) is 11.6 Å². The van der Waals surface area contributed by atoms with Crippen LogP contribution in [0.5, 0.6) is 5.75 Å². The molecule has 1 aromatic rings. The molecule has 0 amide bonds. The number of nitrogens with zero attached hydrogens (tertiary/aromatic N) is 1. The van der Waals surface area contributed by atoms with E-state index in [1.807, 2.05) is 11.9 Å². The third-order valence-electron chi connectivity index (χ3n) is 2.18. The van der Waals surface area contributed by atoms with E-state index in [0.717, 1.165) is 5.56 Å². The van der Waals surface area contributed by atoms with Crippen molar-refractivity contribution in [3.05, 3.63) is 29.6 Å². The number of likely N-dealkylation sites (N-methyl/N-ethyl adjacent to an activating group) is 1. The minimum absolute atomic E-state index is 0.0814. The second-order valence-electron chi connectivity index (χ2n) is 3.83. The summed E-state index contributed by atoms with van der Waals surface area (Å²) in [5.41, 5.74) is 0.742. The summed E-state index contributed by atoms with van der Waals surface area (Å²) in [6.45, 7) is 2.36. The zero-order valence-electron chi connectivity index (χ0n) is 9.79. The molecule has 0 atom stereocenters. The first-order chi connectivity index (χ1) is 7.52. The Morgan fingerprint density at radius 1 is 1.50 bits per heavy atom. The number of carbonyl (C=O) groups is 1. The van der Waals surface area contributed by atoms with Gasteiger partial charge < -0.3 is 4.74 Å². The van der Waals surface area contributed by atoms with Gasteiger partial charge in [-0.2, -0.15) is 0 Å². The number of halogens is 1. The maximum absolute atomic E-state index is 13.1. The van der Waals surface area contributed by atoms with Crippen LogP contribution in [0.4, 0.5) is 4.39 Å². The van der Waals surface area contributed by atoms with Gasteiger partial charge in [0.1, 0.15) is 17.3 Å². The molecule has 0 N–H and O–H groups in total. The Kier molecular flexibility index (Phi) is 4.43. The van der Waals surface area contributed by atoms with Crippen LogP contribution in [0.25, 0.3) is 0 Å². The number of rotatable bonds is 5. The van der Waals surface area contributed by atoms with E-state index in [0.29, 0.717) is 18.8 Å². The summed E-state index contributed by atoms with van der Waals surface area (Å²) in [5, 5.41) is 0. The summed E-state index contributed by atoms with van der Waals surface area (Å²) < 4.78 is 18.2. The van der Waals surface area contributed by atoms with Crippen LogP contribution in [0.1, 0.15) is 12.5 Å². The van der Waals surface area contributed by atoms with Gasteiger partial charge in [0.05, 0.1) is 13.7 Å². The van der Waals surface area contributed by atoms with Crippen LogP contribution in [-0.4, -0.2) is 31.4 Å². The number of hydrogen-bond acceptors (Lipinski definition) is 3. The van der Waals surface area contributed by atoms with Gasteiger partial charge in [-0.1, -0.05) is 0 Å². The number of ketones is 1. The van der Waals surface area contributed by atoms with Crippen molar-refractivity contribution in [2.45, 2.75) is 13.5 Å². The fourth-order valence-electron chi connectivity index (χ4n) is 1.60. The Balaban J connectivity index is 2.78. The summed E-state index contributed by atoms with van der Waals surface area (Å²) >= 11 is 0. The molecule has 0 aromatic heterocycles. The van der Waals surface area contributed by atoms with E-state index in [2.05, 4.69) is 0 Å². The topological polar surface area (TPSA) is 29.5 Å². The minimum Gasteiger partial charge on any atom is -0.496 e. The zero-order valence-corrected chi connectivity index (χ0v) is 9.79. The van der Waals surface area contributed by atoms with Gasteiger partial charge in [-0.25, -0.2) is 4.39 Å². The molecule has 0 saturated carbocycles. The molecule has 1 aromatic carbocycles. The Morgan fingerprint density at radius 3 is 2.75 bits per heavy atom. The predicted molar refractivity (Wildman–Crippen MR) is 60.0 cm³/mol. The lowest BCUT2D eigenvalue weighted by atomic mass is 10.2. The highest BCUT2D eigenvalue weighted by atomic mass is 19.1. The summed E-state index contributed by atoms with van der Waals surface area (Å²) in [4.78, 5) is 12.7. The molecular formula is C12H16FNO2. The quantitative estimate of drug-likeness (QED) is 0.766. The maximum atomic E-state index is 13.1. The van der Waals surface area contributed by atoms with Crippen molar-refractivity contribution in [1.29, 1.82) is 0 Å². The summed E-state index contributed by atoms with van der Waals surface area (Å²) in [6, 6.07) is 4.37. The summed E-state index contributed by atoms with van der Waals surface area (Å²) in [7, 11) is 3.35. The molecule has 0 radical (unpaired) electrons. The van der Waals surface area contributed by atoms with Crippen LogP contribution in [0, 0.1) is 5.82 Å². The molecule has 0 unspecified atom stereocenters. The van der Waals surface area contributed by atoms with Gasteiger partial charge in [-0.05, 0) is 32.2 Å². The maximum Gasteiger partial charge on any atom is 0.143 e. The molecule has 0 saturated heterocycles. The second kappa shape index (κ2) is 5.61. The fourth-order valence-corrected chi connectivity index (χ4v) is 1.60. The average Bonchev–Trinajstić information content (AvgIpc) is 2.16. The highest BCUT2D eigenvalue weighted by Crippen LogP contribution is 2.20. The van der Waals surface area contributed by atoms with Crippen molar-refractivity contribution in [1.82, 2.24) is 4.90 Å². The average molecular weight is 225 g/mol. The van der Waals surface area contributed by atoms with Crippen LogP contribution >= 0.6 is 0 Å². The number of benzene rings is 1. The van der Waals surface area contributed by atoms with Gasteiger partial charge >= 0.3 is 0 Å². The number of carbonyl (C=O) groups excluding carboxylic acids is 1. The van der Waals surface area contributed by atoms with E-state index >= 15 is 0 Å². The van der Waals surface area contributed by atoms with Crippen molar-refractivity contribution >= 4 is 5.78 Å². The molecule has 16 heavy (non-hydrogen) atoms. The van der Waals surface area contributed by atoms with Gasteiger partial charge in [0.2, 0.25) is 0 Å². The fraction of sp³-hybridized carbons (Fsp3) is 0.417. The molecular weight excluding hydrogens is 209 g/mol. The molecule has 0 fully saturated rings. The molecule has 1 rings (SSSR count). The van der Waals surface area contributed by atoms with Gasteiger partial charge in [0.25, 0.3) is 0 Å². The monoisotopic (exact) mass is 225 g/mol. The molecule has 0 heterocycles. The Bertz CT molecular complexity index is 379. The van der Waals surface area contributed by atoms with Gasteiger partial charge in [0, 0.05) is 12.1 Å². The molecule has 0 spiro atoms. The lowest BCUT2D eigenvalue weighted by Gasteiger charge is -2.16. The summed E-state index contributed by atoms with van der Waals surface area (Å²) in [5.74, 6) is 0.418. The Hall–Kier alpha value is -1.42. The van der Waals surface area contributed by atoms with Gasteiger partial charge in [-0.15, -0.1) is 0 Å². The van der Waals surface area contributed by atoms with E-state index in [1.165, 1.54) is 19.1 Å². The van der Waals surface area contributed by atoms with E-state index in [4.69, 9.17) is 4.74 Å². The van der Waals surface area contributed by atoms with Gasteiger partial charge in [0.15, 0.2) is 0 Å². The highest BCUT2D eigenvalue weighted by molar-refractivity contribution is 5.77. The minimum atomic E-state index is -0.299. The number of Topliss-reactive ketones (excluding diaryl/α,β-unsaturated/α-hetero) is 1. The summed E-state index contributed by atoms with van der Waals surface area (Å²) in [6.07, 6.45) is 0. The predicted octanol–water partition coefficient (Wildman–Crippen LogP) is 1.86. The molecule has 0 aliphatic carbocycles. The standard InChI is InChI=1S/C12H16FNO2/c1-9(15)7-14(2)8-10-6-11(13)4-5-12(10)16-3/h4-6H,7-8H2,1-3H3. The zero-order chi connectivity index (χ0) is 12.1. The third kappa shape index (κ3) is 3.62. The molecule has 0 aliphatic rings. The normalized spacial score (nSPS) is 10.6. The van der Waals surface area contributed by atoms with Crippen LogP contribution in [0.15, 0.2) is 18.2 Å². The van der Waals surface area contributed by atoms with Gasteiger partial charge in [-0.3, -0.25) is 9.69 Å². The van der Waals surface area contributed by atoms with E-state index in [9.17, 15) is 9.18 Å². The largest absolute Gasteiger partial charge is 0.496 e. The Morgan fingerprint density at radius 2 is 2.19 bits per heavy atom. The molecule has 0 aliphatic heterocycles. The van der Waals surface area contributed by atoms with Crippen molar-refractivity contribution in [2.24, 2.45) is 0 Å². The molecule has 3 nitrogen and oxygen atoms in total. The lowest BCUT2D eigenvalue weighted by molar-refractivity contribution is -0.117. The van der Waals surface area contributed by atoms with Crippen molar-refractivity contribution in [3.63, 3.8) is 0 Å². The molecule has 0 bridgehead atoms.